The third kappa shape index (κ3) is 2.94. The van der Waals surface area contributed by atoms with E-state index in [1.165, 1.54) is 0 Å². The summed E-state index contributed by atoms with van der Waals surface area (Å²) in [6.07, 6.45) is -3.25. The Balaban J connectivity index is 2.48. The van der Waals surface area contributed by atoms with Crippen molar-refractivity contribution in [2.75, 3.05) is 0 Å². The molecule has 1 fully saturated rings. The Labute approximate surface area is 102 Å². The lowest BCUT2D eigenvalue weighted by Crippen LogP contribution is -2.16. The second kappa shape index (κ2) is 4.13. The van der Waals surface area contributed by atoms with E-state index in [-0.39, 0.29) is 11.9 Å². The second-order valence-electron chi connectivity index (χ2n) is 4.02. The zero-order valence-electron chi connectivity index (χ0n) is 9.07. The van der Waals surface area contributed by atoms with Gasteiger partial charge >= 0.3 is 6.18 Å². The Morgan fingerprint density at radius 2 is 1.89 bits per heavy atom. The van der Waals surface area contributed by atoms with Gasteiger partial charge in [-0.3, -0.25) is 0 Å². The molecular weight excluding hydrogens is 271 g/mol. The van der Waals surface area contributed by atoms with Crippen LogP contribution in [0.15, 0.2) is 23.1 Å². The van der Waals surface area contributed by atoms with Crippen molar-refractivity contribution in [2.45, 2.75) is 30.0 Å². The minimum Gasteiger partial charge on any atom is -0.489 e. The van der Waals surface area contributed by atoms with Gasteiger partial charge in [0.2, 0.25) is 10.0 Å². The Kier molecular flexibility index (Phi) is 3.02. The molecule has 0 aliphatic heterocycles. The van der Waals surface area contributed by atoms with E-state index in [0.717, 1.165) is 25.0 Å². The van der Waals surface area contributed by atoms with Gasteiger partial charge in [-0.05, 0) is 31.0 Å². The average molecular weight is 281 g/mol. The quantitative estimate of drug-likeness (QED) is 0.919. The van der Waals surface area contributed by atoms with Crippen molar-refractivity contribution in [1.29, 1.82) is 0 Å². The van der Waals surface area contributed by atoms with Crippen LogP contribution in [-0.2, 0) is 16.2 Å². The fourth-order valence-corrected chi connectivity index (χ4v) is 2.06. The van der Waals surface area contributed by atoms with Crippen LogP contribution in [-0.4, -0.2) is 14.5 Å². The average Bonchev–Trinajstić information content (AvgIpc) is 2.98. The minimum absolute atomic E-state index is 0.131. The van der Waals surface area contributed by atoms with Crippen LogP contribution < -0.4 is 9.88 Å². The maximum atomic E-state index is 12.5. The number of sulfonamides is 1. The van der Waals surface area contributed by atoms with Gasteiger partial charge in [0.15, 0.2) is 0 Å². The summed E-state index contributed by atoms with van der Waals surface area (Å²) in [5.74, 6) is -0.131. The maximum absolute atomic E-state index is 12.5. The zero-order valence-corrected chi connectivity index (χ0v) is 9.88. The van der Waals surface area contributed by atoms with E-state index in [1.807, 2.05) is 0 Å². The lowest BCUT2D eigenvalue weighted by molar-refractivity contribution is -0.137. The van der Waals surface area contributed by atoms with Gasteiger partial charge in [0.05, 0.1) is 11.7 Å². The smallest absolute Gasteiger partial charge is 0.416 e. The molecule has 2 N–H and O–H groups in total. The van der Waals surface area contributed by atoms with E-state index in [9.17, 15) is 21.6 Å². The SMILES string of the molecule is NS(=O)(=O)c1cc(C(F)(F)F)ccc1OC1CC1. The number of primary sulfonamides is 1. The minimum atomic E-state index is -4.63. The molecule has 0 bridgehead atoms. The number of alkyl halides is 3. The molecule has 8 heteroatoms. The summed E-state index contributed by atoms with van der Waals surface area (Å²) in [6, 6.07) is 2.25. The van der Waals surface area contributed by atoms with Gasteiger partial charge in [0.1, 0.15) is 10.6 Å². The van der Waals surface area contributed by atoms with Crippen LogP contribution in [0.5, 0.6) is 5.75 Å². The molecule has 1 aromatic rings. The molecule has 0 atom stereocenters. The van der Waals surface area contributed by atoms with Crippen molar-refractivity contribution >= 4 is 10.0 Å². The summed E-state index contributed by atoms with van der Waals surface area (Å²) in [4.78, 5) is -0.635. The number of rotatable bonds is 3. The van der Waals surface area contributed by atoms with Gasteiger partial charge in [-0.15, -0.1) is 0 Å². The highest BCUT2D eigenvalue weighted by Crippen LogP contribution is 2.36. The Morgan fingerprint density at radius 1 is 1.28 bits per heavy atom. The van der Waals surface area contributed by atoms with Crippen LogP contribution in [0.25, 0.3) is 0 Å². The molecule has 0 radical (unpaired) electrons. The summed E-state index contributed by atoms with van der Waals surface area (Å²) in [6.45, 7) is 0. The molecule has 0 aromatic heterocycles. The second-order valence-corrected chi connectivity index (χ2v) is 5.55. The summed E-state index contributed by atoms with van der Waals surface area (Å²) in [5, 5.41) is 4.89. The topological polar surface area (TPSA) is 69.4 Å². The first kappa shape index (κ1) is 13.2. The number of benzene rings is 1. The lowest BCUT2D eigenvalue weighted by Gasteiger charge is -2.12. The Hall–Kier alpha value is -1.28. The van der Waals surface area contributed by atoms with Gasteiger partial charge in [0.25, 0.3) is 0 Å². The number of halogens is 3. The first-order valence-corrected chi connectivity index (χ1v) is 6.63. The fraction of sp³-hybridized carbons (Fsp3) is 0.400. The largest absolute Gasteiger partial charge is 0.489 e. The number of hydrogen-bond donors (Lipinski definition) is 1. The Bertz CT molecular complexity index is 564. The Morgan fingerprint density at radius 3 is 2.33 bits per heavy atom. The zero-order chi connectivity index (χ0) is 13.6. The highest BCUT2D eigenvalue weighted by atomic mass is 32.2. The van der Waals surface area contributed by atoms with E-state index in [4.69, 9.17) is 9.88 Å². The summed E-state index contributed by atoms with van der Waals surface area (Å²) >= 11 is 0. The van der Waals surface area contributed by atoms with E-state index < -0.39 is 26.7 Å². The van der Waals surface area contributed by atoms with Crippen molar-refractivity contribution in [3.8, 4) is 5.75 Å². The number of ether oxygens (including phenoxy) is 1. The monoisotopic (exact) mass is 281 g/mol. The molecule has 1 saturated carbocycles. The summed E-state index contributed by atoms with van der Waals surface area (Å²) in [7, 11) is -4.26. The van der Waals surface area contributed by atoms with Crippen LogP contribution >= 0.6 is 0 Å². The maximum Gasteiger partial charge on any atom is 0.416 e. The van der Waals surface area contributed by atoms with Gasteiger partial charge in [-0.25, -0.2) is 13.6 Å². The van der Waals surface area contributed by atoms with E-state index in [0.29, 0.717) is 6.07 Å². The molecule has 2 rings (SSSR count). The molecule has 1 aliphatic rings. The van der Waals surface area contributed by atoms with Gasteiger partial charge in [-0.2, -0.15) is 13.2 Å². The number of nitrogens with two attached hydrogens (primary N) is 1. The van der Waals surface area contributed by atoms with Gasteiger partial charge in [-0.1, -0.05) is 0 Å². The van der Waals surface area contributed by atoms with Crippen molar-refractivity contribution in [3.63, 3.8) is 0 Å². The molecule has 0 saturated heterocycles. The third-order valence-electron chi connectivity index (χ3n) is 2.40. The molecule has 0 heterocycles. The summed E-state index contributed by atoms with van der Waals surface area (Å²) < 4.78 is 65.2. The molecule has 4 nitrogen and oxygen atoms in total. The first-order chi connectivity index (χ1) is 8.18. The molecule has 0 unspecified atom stereocenters. The standard InChI is InChI=1S/C10H10F3NO3S/c11-10(12,13)6-1-4-8(17-7-2-3-7)9(5-6)18(14,15)16/h1,4-5,7H,2-3H2,(H2,14,15,16). The van der Waals surface area contributed by atoms with Crippen LogP contribution in [0.1, 0.15) is 18.4 Å². The molecule has 18 heavy (non-hydrogen) atoms. The molecular formula is C10H10F3NO3S. The van der Waals surface area contributed by atoms with E-state index in [1.54, 1.807) is 0 Å². The summed E-state index contributed by atoms with van der Waals surface area (Å²) in [5.41, 5.74) is -1.07. The van der Waals surface area contributed by atoms with Crippen molar-refractivity contribution in [3.05, 3.63) is 23.8 Å². The van der Waals surface area contributed by atoms with E-state index >= 15 is 0 Å². The van der Waals surface area contributed by atoms with Gasteiger partial charge in [0, 0.05) is 0 Å². The van der Waals surface area contributed by atoms with Gasteiger partial charge < -0.3 is 4.74 Å². The normalized spacial score (nSPS) is 16.7. The van der Waals surface area contributed by atoms with E-state index in [2.05, 4.69) is 0 Å². The van der Waals surface area contributed by atoms with Crippen LogP contribution in [0.4, 0.5) is 13.2 Å². The molecule has 0 amide bonds. The predicted molar refractivity (Wildman–Crippen MR) is 56.5 cm³/mol. The molecule has 1 aliphatic carbocycles. The predicted octanol–water partition coefficient (Wildman–Crippen LogP) is 1.89. The van der Waals surface area contributed by atoms with Crippen molar-refractivity contribution in [2.24, 2.45) is 5.14 Å². The van der Waals surface area contributed by atoms with Crippen LogP contribution in [0.3, 0.4) is 0 Å². The molecule has 1 aromatic carbocycles. The van der Waals surface area contributed by atoms with Crippen LogP contribution in [0.2, 0.25) is 0 Å². The molecule has 0 spiro atoms. The number of hydrogen-bond acceptors (Lipinski definition) is 3. The lowest BCUT2D eigenvalue weighted by atomic mass is 10.2. The third-order valence-corrected chi connectivity index (χ3v) is 3.33. The van der Waals surface area contributed by atoms with Crippen molar-refractivity contribution < 1.29 is 26.3 Å². The van der Waals surface area contributed by atoms with Crippen molar-refractivity contribution in [1.82, 2.24) is 0 Å². The molecule has 100 valence electrons. The highest BCUT2D eigenvalue weighted by Gasteiger charge is 2.33. The first-order valence-electron chi connectivity index (χ1n) is 5.08. The fourth-order valence-electron chi connectivity index (χ4n) is 1.37. The highest BCUT2D eigenvalue weighted by molar-refractivity contribution is 7.89. The van der Waals surface area contributed by atoms with Crippen LogP contribution in [0, 0.1) is 0 Å².